The van der Waals surface area contributed by atoms with Crippen molar-refractivity contribution in [3.8, 4) is 5.75 Å². The zero-order valence-corrected chi connectivity index (χ0v) is 14.6. The Morgan fingerprint density at radius 3 is 2.83 bits per heavy atom. The first-order chi connectivity index (χ1) is 11.7. The Morgan fingerprint density at radius 2 is 2.08 bits per heavy atom. The average molecular weight is 386 g/mol. The number of hydrogen-bond donors (Lipinski definition) is 2. The summed E-state index contributed by atoms with van der Waals surface area (Å²) in [5.41, 5.74) is 4.97. The maximum Gasteiger partial charge on any atom is 0.271 e. The fourth-order valence-corrected chi connectivity index (χ4v) is 2.68. The van der Waals surface area contributed by atoms with Gasteiger partial charge in [-0.25, -0.2) is 5.43 Å². The van der Waals surface area contributed by atoms with Crippen molar-refractivity contribution in [2.75, 3.05) is 6.61 Å². The number of aromatic amines is 1. The van der Waals surface area contributed by atoms with Crippen LogP contribution in [0.5, 0.6) is 5.75 Å². The van der Waals surface area contributed by atoms with Crippen LogP contribution >= 0.6 is 15.9 Å². The number of benzene rings is 2. The zero-order chi connectivity index (χ0) is 16.9. The van der Waals surface area contributed by atoms with E-state index in [0.717, 1.165) is 26.7 Å². The predicted octanol–water partition coefficient (Wildman–Crippen LogP) is 4.09. The third-order valence-electron chi connectivity index (χ3n) is 3.47. The fourth-order valence-electron chi connectivity index (χ4n) is 2.32. The van der Waals surface area contributed by atoms with Gasteiger partial charge in [0.1, 0.15) is 5.75 Å². The van der Waals surface area contributed by atoms with Crippen LogP contribution in [-0.2, 0) is 0 Å². The van der Waals surface area contributed by atoms with Gasteiger partial charge in [0.25, 0.3) is 5.91 Å². The lowest BCUT2D eigenvalue weighted by Gasteiger charge is -2.03. The number of carbonyl (C=O) groups excluding carboxylic acids is 1. The quantitative estimate of drug-likeness (QED) is 0.512. The second-order valence-corrected chi connectivity index (χ2v) is 6.01. The van der Waals surface area contributed by atoms with E-state index in [0.29, 0.717) is 12.2 Å². The van der Waals surface area contributed by atoms with Crippen molar-refractivity contribution < 1.29 is 9.53 Å². The van der Waals surface area contributed by atoms with Crippen molar-refractivity contribution in [3.05, 3.63) is 64.3 Å². The van der Waals surface area contributed by atoms with Crippen molar-refractivity contribution >= 4 is 39.0 Å². The van der Waals surface area contributed by atoms with E-state index in [4.69, 9.17) is 4.74 Å². The topological polar surface area (TPSA) is 66.5 Å². The Balaban J connectivity index is 1.68. The Hall–Kier alpha value is -2.60. The van der Waals surface area contributed by atoms with Crippen molar-refractivity contribution in [1.29, 1.82) is 0 Å². The van der Waals surface area contributed by atoms with Crippen molar-refractivity contribution in [1.82, 2.24) is 10.4 Å². The van der Waals surface area contributed by atoms with Crippen LogP contribution in [-0.4, -0.2) is 23.7 Å². The molecule has 2 N–H and O–H groups in total. The van der Waals surface area contributed by atoms with E-state index in [1.807, 2.05) is 31.3 Å². The number of aromatic nitrogens is 1. The van der Waals surface area contributed by atoms with E-state index < -0.39 is 0 Å². The number of halogens is 1. The highest BCUT2D eigenvalue weighted by molar-refractivity contribution is 9.10. The molecule has 0 fully saturated rings. The molecule has 1 aromatic heterocycles. The zero-order valence-electron chi connectivity index (χ0n) is 13.0. The monoisotopic (exact) mass is 385 g/mol. The molecule has 0 atom stereocenters. The minimum Gasteiger partial charge on any atom is -0.494 e. The fraction of sp³-hybridized carbons (Fsp3) is 0.111. The van der Waals surface area contributed by atoms with Crippen LogP contribution in [0.3, 0.4) is 0 Å². The van der Waals surface area contributed by atoms with Crippen LogP contribution in [0.2, 0.25) is 0 Å². The van der Waals surface area contributed by atoms with Gasteiger partial charge in [-0.2, -0.15) is 5.10 Å². The number of nitrogens with zero attached hydrogens (tertiary/aromatic N) is 1. The van der Waals surface area contributed by atoms with Gasteiger partial charge in [0.05, 0.1) is 12.8 Å². The summed E-state index contributed by atoms with van der Waals surface area (Å²) in [6.45, 7) is 2.51. The first-order valence-corrected chi connectivity index (χ1v) is 8.29. The number of H-pyrrole nitrogens is 1. The molecule has 5 nitrogen and oxygen atoms in total. The molecular formula is C18H16BrN3O2. The number of hydrazone groups is 1. The number of hydrogen-bond acceptors (Lipinski definition) is 3. The van der Waals surface area contributed by atoms with E-state index in [1.54, 1.807) is 30.5 Å². The highest BCUT2D eigenvalue weighted by atomic mass is 79.9. The molecule has 3 rings (SSSR count). The summed E-state index contributed by atoms with van der Waals surface area (Å²) >= 11 is 3.45. The Labute approximate surface area is 147 Å². The maximum absolute atomic E-state index is 12.1. The summed E-state index contributed by atoms with van der Waals surface area (Å²) in [6.07, 6.45) is 3.47. The second-order valence-electron chi connectivity index (χ2n) is 5.09. The van der Waals surface area contributed by atoms with Gasteiger partial charge >= 0.3 is 0 Å². The van der Waals surface area contributed by atoms with Gasteiger partial charge in [-0.05, 0) is 49.4 Å². The van der Waals surface area contributed by atoms with Crippen molar-refractivity contribution in [2.45, 2.75) is 6.92 Å². The first-order valence-electron chi connectivity index (χ1n) is 7.50. The van der Waals surface area contributed by atoms with Crippen molar-refractivity contribution in [3.63, 3.8) is 0 Å². The van der Waals surface area contributed by atoms with Gasteiger partial charge in [-0.1, -0.05) is 15.9 Å². The first kappa shape index (κ1) is 16.3. The van der Waals surface area contributed by atoms with Gasteiger partial charge in [0.2, 0.25) is 0 Å². The van der Waals surface area contributed by atoms with Crippen LogP contribution < -0.4 is 10.2 Å². The molecule has 0 aliphatic carbocycles. The molecule has 2 aromatic carbocycles. The molecule has 0 unspecified atom stereocenters. The normalized spacial score (nSPS) is 11.1. The van der Waals surface area contributed by atoms with E-state index in [1.165, 1.54) is 0 Å². The number of nitrogens with one attached hydrogen (secondary N) is 2. The number of carbonyl (C=O) groups is 1. The molecule has 0 bridgehead atoms. The minimum atomic E-state index is -0.268. The molecule has 122 valence electrons. The Bertz CT molecular complexity index is 885. The van der Waals surface area contributed by atoms with Crippen LogP contribution in [0.15, 0.2) is 58.2 Å². The second kappa shape index (κ2) is 7.31. The highest BCUT2D eigenvalue weighted by Gasteiger charge is 2.05. The third-order valence-corrected chi connectivity index (χ3v) is 3.97. The molecule has 24 heavy (non-hydrogen) atoms. The number of ether oxygens (including phenoxy) is 1. The minimum absolute atomic E-state index is 0.268. The number of amides is 1. The average Bonchev–Trinajstić information content (AvgIpc) is 2.98. The van der Waals surface area contributed by atoms with Crippen LogP contribution in [0.25, 0.3) is 10.9 Å². The molecule has 0 radical (unpaired) electrons. The third kappa shape index (κ3) is 3.65. The predicted molar refractivity (Wildman–Crippen MR) is 98.7 cm³/mol. The van der Waals surface area contributed by atoms with Gasteiger partial charge in [-0.15, -0.1) is 0 Å². The molecule has 3 aromatic rings. The summed E-state index contributed by atoms with van der Waals surface area (Å²) in [4.78, 5) is 15.2. The van der Waals surface area contributed by atoms with E-state index in [9.17, 15) is 4.79 Å². The van der Waals surface area contributed by atoms with Crippen LogP contribution in [0.4, 0.5) is 0 Å². The smallest absolute Gasteiger partial charge is 0.271 e. The van der Waals surface area contributed by atoms with Crippen molar-refractivity contribution in [2.24, 2.45) is 5.10 Å². The summed E-state index contributed by atoms with van der Waals surface area (Å²) in [5.74, 6) is 0.470. The molecule has 1 heterocycles. The van der Waals surface area contributed by atoms with E-state index >= 15 is 0 Å². The summed E-state index contributed by atoms with van der Waals surface area (Å²) in [5, 5.41) is 5.07. The Kier molecular flexibility index (Phi) is 4.96. The standard InChI is InChI=1S/C18H16BrN3O2/c1-2-24-15-6-3-12(4-7-15)18(23)22-21-11-13-10-20-17-8-5-14(19)9-16(13)17/h3-11,20H,2H2,1H3,(H,22,23)/b21-11+. The van der Waals surface area contributed by atoms with E-state index in [2.05, 4.69) is 31.4 Å². The SMILES string of the molecule is CCOc1ccc(C(=O)N/N=C/c2c[nH]c3ccc(Br)cc23)cc1. The number of rotatable bonds is 5. The summed E-state index contributed by atoms with van der Waals surface area (Å²) in [7, 11) is 0. The molecule has 0 saturated heterocycles. The van der Waals surface area contributed by atoms with Gasteiger partial charge in [-0.3, -0.25) is 4.79 Å². The largest absolute Gasteiger partial charge is 0.494 e. The lowest BCUT2D eigenvalue weighted by atomic mass is 10.2. The molecule has 6 heteroatoms. The molecule has 0 saturated carbocycles. The lowest BCUT2D eigenvalue weighted by Crippen LogP contribution is -2.17. The van der Waals surface area contributed by atoms with Gasteiger partial charge < -0.3 is 9.72 Å². The number of fused-ring (bicyclic) bond motifs is 1. The molecule has 0 aliphatic rings. The Morgan fingerprint density at radius 1 is 1.29 bits per heavy atom. The van der Waals surface area contributed by atoms with Crippen LogP contribution in [0.1, 0.15) is 22.8 Å². The molecule has 1 amide bonds. The molecule has 0 aliphatic heterocycles. The van der Waals surface area contributed by atoms with Crippen LogP contribution in [0, 0.1) is 0 Å². The maximum atomic E-state index is 12.1. The van der Waals surface area contributed by atoms with Gasteiger partial charge in [0, 0.05) is 32.7 Å². The van der Waals surface area contributed by atoms with Gasteiger partial charge in [0.15, 0.2) is 0 Å². The molecular weight excluding hydrogens is 370 g/mol. The lowest BCUT2D eigenvalue weighted by molar-refractivity contribution is 0.0955. The highest BCUT2D eigenvalue weighted by Crippen LogP contribution is 2.21. The molecule has 0 spiro atoms. The van der Waals surface area contributed by atoms with E-state index in [-0.39, 0.29) is 5.91 Å². The summed E-state index contributed by atoms with van der Waals surface area (Å²) < 4.78 is 6.34. The summed E-state index contributed by atoms with van der Waals surface area (Å²) in [6, 6.07) is 12.9.